The molecule has 0 saturated heterocycles. The molecule has 0 spiro atoms. The number of aromatic hydroxyl groups is 1. The van der Waals surface area contributed by atoms with Crippen molar-refractivity contribution in [1.82, 2.24) is 0 Å². The molecule has 0 aliphatic heterocycles. The summed E-state index contributed by atoms with van der Waals surface area (Å²) in [4.78, 5) is 22.1. The Morgan fingerprint density at radius 3 is 2.28 bits per heavy atom. The van der Waals surface area contributed by atoms with Crippen molar-refractivity contribution in [3.63, 3.8) is 0 Å². The van der Waals surface area contributed by atoms with Crippen LogP contribution in [0.4, 0.5) is 0 Å². The highest BCUT2D eigenvalue weighted by atomic mass is 16.5. The van der Waals surface area contributed by atoms with Crippen LogP contribution in [0.25, 0.3) is 0 Å². The van der Waals surface area contributed by atoms with E-state index in [1.807, 2.05) is 0 Å². The fourth-order valence-corrected chi connectivity index (χ4v) is 1.09. The number of hydrogen-bond acceptors (Lipinski definition) is 6. The molecular formula is C12H12O6. The number of rotatable bonds is 4. The fourth-order valence-electron chi connectivity index (χ4n) is 1.09. The van der Waals surface area contributed by atoms with Gasteiger partial charge in [0.2, 0.25) is 0 Å². The third-order valence-corrected chi connectivity index (χ3v) is 1.88. The number of benzene rings is 1. The molecule has 96 valence electrons. The van der Waals surface area contributed by atoms with Crippen LogP contribution in [0.5, 0.6) is 17.2 Å². The van der Waals surface area contributed by atoms with E-state index in [1.54, 1.807) is 0 Å². The lowest BCUT2D eigenvalue weighted by molar-refractivity contribution is -0.135. The summed E-state index contributed by atoms with van der Waals surface area (Å²) in [5, 5.41) is 9.33. The lowest BCUT2D eigenvalue weighted by atomic mass is 10.3. The lowest BCUT2D eigenvalue weighted by Gasteiger charge is -2.05. The van der Waals surface area contributed by atoms with Crippen molar-refractivity contribution in [3.05, 3.63) is 30.4 Å². The monoisotopic (exact) mass is 252 g/mol. The number of phenolic OH excluding ortho intramolecular Hbond substituents is 1. The Morgan fingerprint density at radius 1 is 1.06 bits per heavy atom. The first-order valence-electron chi connectivity index (χ1n) is 4.91. The summed E-state index contributed by atoms with van der Waals surface area (Å²) in [5.74, 6) is -1.09. The molecule has 1 aromatic rings. The highest BCUT2D eigenvalue weighted by Crippen LogP contribution is 2.26. The summed E-state index contributed by atoms with van der Waals surface area (Å²) >= 11 is 0. The normalized spacial score (nSPS) is 10.1. The summed E-state index contributed by atoms with van der Waals surface area (Å²) < 4.78 is 14.1. The Morgan fingerprint density at radius 2 is 1.67 bits per heavy atom. The van der Waals surface area contributed by atoms with Gasteiger partial charge in [0.25, 0.3) is 0 Å². The maximum Gasteiger partial charge on any atom is 0.336 e. The van der Waals surface area contributed by atoms with Crippen molar-refractivity contribution >= 4 is 11.9 Å². The Hall–Kier alpha value is -2.50. The minimum Gasteiger partial charge on any atom is -0.508 e. The van der Waals surface area contributed by atoms with E-state index in [0.29, 0.717) is 5.75 Å². The fraction of sp³-hybridized carbons (Fsp3) is 0.167. The van der Waals surface area contributed by atoms with Gasteiger partial charge in [-0.3, -0.25) is 0 Å². The summed E-state index contributed by atoms with van der Waals surface area (Å²) in [6.07, 6.45) is 1.85. The summed E-state index contributed by atoms with van der Waals surface area (Å²) in [5.41, 5.74) is 0. The third kappa shape index (κ3) is 4.17. The first-order valence-corrected chi connectivity index (χ1v) is 4.91. The van der Waals surface area contributed by atoms with Crippen molar-refractivity contribution in [1.29, 1.82) is 0 Å². The average molecular weight is 252 g/mol. The van der Waals surface area contributed by atoms with Gasteiger partial charge in [0.15, 0.2) is 0 Å². The molecule has 0 aromatic heterocycles. The van der Waals surface area contributed by atoms with Crippen LogP contribution in [-0.2, 0) is 14.3 Å². The second-order valence-corrected chi connectivity index (χ2v) is 3.14. The van der Waals surface area contributed by atoms with E-state index in [1.165, 1.54) is 32.4 Å². The smallest absolute Gasteiger partial charge is 0.336 e. The second-order valence-electron chi connectivity index (χ2n) is 3.14. The number of ether oxygens (including phenoxy) is 3. The van der Waals surface area contributed by atoms with E-state index >= 15 is 0 Å². The molecule has 0 amide bonds. The van der Waals surface area contributed by atoms with Crippen molar-refractivity contribution in [2.45, 2.75) is 0 Å². The van der Waals surface area contributed by atoms with E-state index in [9.17, 15) is 14.7 Å². The summed E-state index contributed by atoms with van der Waals surface area (Å²) in [6.45, 7) is 0. The molecule has 0 unspecified atom stereocenters. The van der Waals surface area contributed by atoms with Crippen molar-refractivity contribution < 1.29 is 28.9 Å². The van der Waals surface area contributed by atoms with E-state index in [0.717, 1.165) is 12.2 Å². The predicted octanol–water partition coefficient (Wildman–Crippen LogP) is 1.04. The van der Waals surface area contributed by atoms with E-state index < -0.39 is 11.9 Å². The lowest BCUT2D eigenvalue weighted by Crippen LogP contribution is -2.05. The van der Waals surface area contributed by atoms with Gasteiger partial charge in [0.05, 0.1) is 14.2 Å². The molecular weight excluding hydrogens is 240 g/mol. The second kappa shape index (κ2) is 6.29. The maximum atomic E-state index is 11.3. The van der Waals surface area contributed by atoms with Crippen LogP contribution in [0.2, 0.25) is 0 Å². The Labute approximate surface area is 103 Å². The molecule has 18 heavy (non-hydrogen) atoms. The summed E-state index contributed by atoms with van der Waals surface area (Å²) in [6, 6.07) is 4.03. The highest BCUT2D eigenvalue weighted by Gasteiger charge is 2.05. The first kappa shape index (κ1) is 13.6. The number of methoxy groups -OCH3 is 2. The van der Waals surface area contributed by atoms with Crippen LogP contribution >= 0.6 is 0 Å². The zero-order valence-electron chi connectivity index (χ0n) is 9.88. The minimum atomic E-state index is -0.770. The van der Waals surface area contributed by atoms with Crippen LogP contribution in [0.15, 0.2) is 30.4 Å². The maximum absolute atomic E-state index is 11.3. The third-order valence-electron chi connectivity index (χ3n) is 1.88. The molecule has 1 aromatic carbocycles. The molecule has 0 atom stereocenters. The summed E-state index contributed by atoms with van der Waals surface area (Å²) in [7, 11) is 2.61. The number of carbonyl (C=O) groups is 2. The highest BCUT2D eigenvalue weighted by molar-refractivity contribution is 5.92. The van der Waals surface area contributed by atoms with Crippen LogP contribution in [-0.4, -0.2) is 31.3 Å². The largest absolute Gasteiger partial charge is 0.508 e. The van der Waals surface area contributed by atoms with Gasteiger partial charge in [-0.05, 0) is 0 Å². The van der Waals surface area contributed by atoms with E-state index in [4.69, 9.17) is 9.47 Å². The molecule has 0 heterocycles. The SMILES string of the molecule is COC(=O)/C=C/C(=O)Oc1cc(O)cc(OC)c1. The molecule has 0 radical (unpaired) electrons. The van der Waals surface area contributed by atoms with Crippen LogP contribution < -0.4 is 9.47 Å². The molecule has 0 saturated carbocycles. The zero-order chi connectivity index (χ0) is 13.5. The van der Waals surface area contributed by atoms with Crippen molar-refractivity contribution in [3.8, 4) is 17.2 Å². The quantitative estimate of drug-likeness (QED) is 0.489. The standard InChI is InChI=1S/C12H12O6/c1-16-9-5-8(13)6-10(7-9)18-12(15)4-3-11(14)17-2/h3-7,13H,1-2H3/b4-3+. The molecule has 1 rings (SSSR count). The first-order chi connectivity index (χ1) is 8.55. The number of hydrogen-bond donors (Lipinski definition) is 1. The molecule has 0 aliphatic carbocycles. The Balaban J connectivity index is 2.72. The number of esters is 2. The molecule has 0 aliphatic rings. The molecule has 6 nitrogen and oxygen atoms in total. The van der Waals surface area contributed by atoms with Gasteiger partial charge in [-0.25, -0.2) is 9.59 Å². The Bertz CT molecular complexity index is 477. The van der Waals surface area contributed by atoms with E-state index in [2.05, 4.69) is 4.74 Å². The van der Waals surface area contributed by atoms with Gasteiger partial charge >= 0.3 is 11.9 Å². The van der Waals surface area contributed by atoms with Gasteiger partial charge in [0, 0.05) is 30.4 Å². The van der Waals surface area contributed by atoms with Gasteiger partial charge in [-0.15, -0.1) is 0 Å². The van der Waals surface area contributed by atoms with Crippen LogP contribution in [0.1, 0.15) is 0 Å². The number of phenols is 1. The minimum absolute atomic E-state index is 0.103. The molecule has 1 N–H and O–H groups in total. The topological polar surface area (TPSA) is 82.1 Å². The zero-order valence-corrected chi connectivity index (χ0v) is 9.88. The van der Waals surface area contributed by atoms with Crippen molar-refractivity contribution in [2.75, 3.05) is 14.2 Å². The van der Waals surface area contributed by atoms with Crippen LogP contribution in [0.3, 0.4) is 0 Å². The van der Waals surface area contributed by atoms with Gasteiger partial charge in [-0.2, -0.15) is 0 Å². The predicted molar refractivity (Wildman–Crippen MR) is 61.4 cm³/mol. The Kier molecular flexibility index (Phi) is 4.74. The number of carbonyl (C=O) groups excluding carboxylic acids is 2. The van der Waals surface area contributed by atoms with E-state index in [-0.39, 0.29) is 11.5 Å². The van der Waals surface area contributed by atoms with Gasteiger partial charge < -0.3 is 19.3 Å². The van der Waals surface area contributed by atoms with Gasteiger partial charge in [0.1, 0.15) is 17.2 Å². The van der Waals surface area contributed by atoms with Gasteiger partial charge in [-0.1, -0.05) is 0 Å². The molecule has 0 bridgehead atoms. The molecule has 0 fully saturated rings. The van der Waals surface area contributed by atoms with Crippen molar-refractivity contribution in [2.24, 2.45) is 0 Å². The molecule has 6 heteroatoms. The average Bonchev–Trinajstić information content (AvgIpc) is 2.35. The van der Waals surface area contributed by atoms with Crippen LogP contribution in [0, 0.1) is 0 Å².